The quantitative estimate of drug-likeness (QED) is 0.379. The summed E-state index contributed by atoms with van der Waals surface area (Å²) in [6.07, 6.45) is 0. The monoisotopic (exact) mass is 342 g/mol. The van der Waals surface area contributed by atoms with Gasteiger partial charge in [-0.15, -0.1) is 0 Å². The number of Topliss-reactive ketones (excluding diaryl/α,β-unsaturated/α-hetero) is 1. The SMILES string of the molecule is Cc1ccc(N=C(Nc2ccc(C)cc2)C(=O)c2ccc(C)cc2)cc1. The molecule has 3 nitrogen and oxygen atoms in total. The van der Waals surface area contributed by atoms with Crippen molar-refractivity contribution in [2.24, 2.45) is 4.99 Å². The number of anilines is 1. The van der Waals surface area contributed by atoms with Gasteiger partial charge >= 0.3 is 0 Å². The molecule has 0 aromatic heterocycles. The molecule has 0 fully saturated rings. The van der Waals surface area contributed by atoms with E-state index in [1.54, 1.807) is 0 Å². The summed E-state index contributed by atoms with van der Waals surface area (Å²) in [6, 6.07) is 23.2. The third kappa shape index (κ3) is 4.45. The Balaban J connectivity index is 1.97. The minimum atomic E-state index is -0.133. The van der Waals surface area contributed by atoms with Gasteiger partial charge in [-0.2, -0.15) is 0 Å². The van der Waals surface area contributed by atoms with Crippen LogP contribution >= 0.6 is 0 Å². The van der Waals surface area contributed by atoms with Crippen molar-refractivity contribution in [1.82, 2.24) is 0 Å². The summed E-state index contributed by atoms with van der Waals surface area (Å²) in [7, 11) is 0. The largest absolute Gasteiger partial charge is 0.337 e. The molecule has 0 bridgehead atoms. The molecule has 3 heteroatoms. The Morgan fingerprint density at radius 1 is 0.692 bits per heavy atom. The Kier molecular flexibility index (Phi) is 5.28. The molecule has 0 spiro atoms. The number of carbonyl (C=O) groups is 1. The van der Waals surface area contributed by atoms with Crippen LogP contribution in [0.3, 0.4) is 0 Å². The number of benzene rings is 3. The number of aryl methyl sites for hydroxylation is 3. The molecule has 3 aromatic carbocycles. The molecule has 0 saturated heterocycles. The van der Waals surface area contributed by atoms with Crippen molar-refractivity contribution in [3.05, 3.63) is 95.1 Å². The maximum Gasteiger partial charge on any atom is 0.228 e. The number of amidine groups is 1. The lowest BCUT2D eigenvalue weighted by molar-refractivity contribution is 0.106. The molecule has 0 amide bonds. The predicted octanol–water partition coefficient (Wildman–Crippen LogP) is 5.64. The zero-order chi connectivity index (χ0) is 18.5. The first kappa shape index (κ1) is 17.6. The van der Waals surface area contributed by atoms with E-state index in [9.17, 15) is 4.79 Å². The van der Waals surface area contributed by atoms with Gasteiger partial charge in [-0.05, 0) is 45.0 Å². The summed E-state index contributed by atoms with van der Waals surface area (Å²) >= 11 is 0. The first-order valence-corrected chi connectivity index (χ1v) is 8.62. The molecule has 0 atom stereocenters. The first-order valence-electron chi connectivity index (χ1n) is 8.62. The highest BCUT2D eigenvalue weighted by molar-refractivity contribution is 6.49. The van der Waals surface area contributed by atoms with Crippen LogP contribution in [0.5, 0.6) is 0 Å². The summed E-state index contributed by atoms with van der Waals surface area (Å²) in [5, 5.41) is 3.18. The Hall–Kier alpha value is -3.20. The third-order valence-corrected chi connectivity index (χ3v) is 4.12. The van der Waals surface area contributed by atoms with Gasteiger partial charge in [0.1, 0.15) is 0 Å². The molecule has 0 aliphatic carbocycles. The van der Waals surface area contributed by atoms with E-state index < -0.39 is 0 Å². The molecule has 0 aliphatic rings. The molecule has 26 heavy (non-hydrogen) atoms. The van der Waals surface area contributed by atoms with Gasteiger partial charge in [-0.3, -0.25) is 4.79 Å². The highest BCUT2D eigenvalue weighted by atomic mass is 16.1. The number of hydrogen-bond donors (Lipinski definition) is 1. The van der Waals surface area contributed by atoms with Crippen LogP contribution in [0, 0.1) is 20.8 Å². The number of hydrogen-bond acceptors (Lipinski definition) is 2. The van der Waals surface area contributed by atoms with E-state index in [0.717, 1.165) is 28.1 Å². The van der Waals surface area contributed by atoms with Gasteiger partial charge in [0.05, 0.1) is 5.69 Å². The van der Waals surface area contributed by atoms with Gasteiger partial charge in [-0.25, -0.2) is 4.99 Å². The Morgan fingerprint density at radius 2 is 1.15 bits per heavy atom. The molecule has 0 aliphatic heterocycles. The number of rotatable bonds is 4. The number of carbonyl (C=O) groups excluding carboxylic acids is 1. The van der Waals surface area contributed by atoms with Crippen molar-refractivity contribution in [3.8, 4) is 0 Å². The molecule has 0 radical (unpaired) electrons. The van der Waals surface area contributed by atoms with E-state index in [4.69, 9.17) is 0 Å². The average molecular weight is 342 g/mol. The number of ketones is 1. The van der Waals surface area contributed by atoms with Crippen molar-refractivity contribution in [2.45, 2.75) is 20.8 Å². The van der Waals surface area contributed by atoms with E-state index in [2.05, 4.69) is 10.3 Å². The van der Waals surface area contributed by atoms with Gasteiger partial charge in [0.25, 0.3) is 0 Å². The second kappa shape index (κ2) is 7.79. The fourth-order valence-electron chi connectivity index (χ4n) is 2.50. The Morgan fingerprint density at radius 3 is 1.69 bits per heavy atom. The summed E-state index contributed by atoms with van der Waals surface area (Å²) in [6.45, 7) is 6.05. The summed E-state index contributed by atoms with van der Waals surface area (Å²) < 4.78 is 0. The topological polar surface area (TPSA) is 41.5 Å². The van der Waals surface area contributed by atoms with Gasteiger partial charge in [0, 0.05) is 11.3 Å². The summed E-state index contributed by atoms with van der Waals surface area (Å²) in [5.74, 6) is 0.174. The molecular formula is C23H22N2O. The Bertz CT molecular complexity index is 921. The molecule has 3 aromatic rings. The maximum absolute atomic E-state index is 13.0. The third-order valence-electron chi connectivity index (χ3n) is 4.12. The van der Waals surface area contributed by atoms with Crippen LogP contribution in [0.1, 0.15) is 27.0 Å². The van der Waals surface area contributed by atoms with Gasteiger partial charge in [0.15, 0.2) is 5.84 Å². The molecule has 3 rings (SSSR count). The van der Waals surface area contributed by atoms with Crippen molar-refractivity contribution < 1.29 is 4.79 Å². The smallest absolute Gasteiger partial charge is 0.228 e. The van der Waals surface area contributed by atoms with Gasteiger partial charge in [-0.1, -0.05) is 65.2 Å². The number of aliphatic imine (C=N–C) groups is 1. The summed E-state index contributed by atoms with van der Waals surface area (Å²) in [4.78, 5) is 17.6. The van der Waals surface area contributed by atoms with Crippen LogP contribution in [0.15, 0.2) is 77.8 Å². The number of nitrogens with zero attached hydrogens (tertiary/aromatic N) is 1. The van der Waals surface area contributed by atoms with Crippen molar-refractivity contribution in [1.29, 1.82) is 0 Å². The summed E-state index contributed by atoms with van der Waals surface area (Å²) in [5.41, 5.74) is 5.62. The van der Waals surface area contributed by atoms with Crippen molar-refractivity contribution in [2.75, 3.05) is 5.32 Å². The van der Waals surface area contributed by atoms with Crippen LogP contribution < -0.4 is 5.32 Å². The molecule has 0 saturated carbocycles. The molecular weight excluding hydrogens is 320 g/mol. The molecule has 0 unspecified atom stereocenters. The van der Waals surface area contributed by atoms with Gasteiger partial charge < -0.3 is 5.32 Å². The van der Waals surface area contributed by atoms with Crippen LogP contribution in [-0.4, -0.2) is 11.6 Å². The lowest BCUT2D eigenvalue weighted by Gasteiger charge is -2.10. The van der Waals surface area contributed by atoms with E-state index >= 15 is 0 Å². The highest BCUT2D eigenvalue weighted by Crippen LogP contribution is 2.17. The zero-order valence-corrected chi connectivity index (χ0v) is 15.3. The van der Waals surface area contributed by atoms with E-state index in [1.165, 1.54) is 0 Å². The lowest BCUT2D eigenvalue weighted by atomic mass is 10.1. The second-order valence-electron chi connectivity index (χ2n) is 6.48. The van der Waals surface area contributed by atoms with E-state index in [-0.39, 0.29) is 5.78 Å². The van der Waals surface area contributed by atoms with Crippen LogP contribution in [-0.2, 0) is 0 Å². The maximum atomic E-state index is 13.0. The minimum Gasteiger partial charge on any atom is -0.337 e. The fraction of sp³-hybridized carbons (Fsp3) is 0.130. The number of nitrogens with one attached hydrogen (secondary N) is 1. The first-order chi connectivity index (χ1) is 12.5. The second-order valence-corrected chi connectivity index (χ2v) is 6.48. The van der Waals surface area contributed by atoms with E-state index in [1.807, 2.05) is 93.6 Å². The predicted molar refractivity (Wildman–Crippen MR) is 109 cm³/mol. The lowest BCUT2D eigenvalue weighted by Crippen LogP contribution is -2.23. The Labute approximate surface area is 154 Å². The van der Waals surface area contributed by atoms with E-state index in [0.29, 0.717) is 11.4 Å². The molecule has 0 heterocycles. The molecule has 130 valence electrons. The zero-order valence-electron chi connectivity index (χ0n) is 15.3. The van der Waals surface area contributed by atoms with Crippen LogP contribution in [0.4, 0.5) is 11.4 Å². The normalized spacial score (nSPS) is 11.3. The average Bonchev–Trinajstić information content (AvgIpc) is 2.65. The highest BCUT2D eigenvalue weighted by Gasteiger charge is 2.15. The fourth-order valence-corrected chi connectivity index (χ4v) is 2.50. The van der Waals surface area contributed by atoms with Crippen LogP contribution in [0.25, 0.3) is 0 Å². The van der Waals surface area contributed by atoms with Gasteiger partial charge in [0.2, 0.25) is 5.78 Å². The minimum absolute atomic E-state index is 0.133. The van der Waals surface area contributed by atoms with Crippen LogP contribution in [0.2, 0.25) is 0 Å². The van der Waals surface area contributed by atoms with Crippen molar-refractivity contribution in [3.63, 3.8) is 0 Å². The molecule has 1 N–H and O–H groups in total. The standard InChI is InChI=1S/C23H22N2O/c1-16-4-10-19(11-5-16)22(26)23(24-20-12-6-17(2)7-13-20)25-21-14-8-18(3)9-15-21/h4-15H,1-3H3,(H,24,25). The van der Waals surface area contributed by atoms with Crippen molar-refractivity contribution >= 4 is 23.0 Å².